The van der Waals surface area contributed by atoms with Crippen LogP contribution in [-0.2, 0) is 0 Å². The van der Waals surface area contributed by atoms with Gasteiger partial charge >= 0.3 is 0 Å². The van der Waals surface area contributed by atoms with Gasteiger partial charge in [0.15, 0.2) is 0 Å². The van der Waals surface area contributed by atoms with E-state index in [1.54, 1.807) is 13.2 Å². The summed E-state index contributed by atoms with van der Waals surface area (Å²) in [6, 6.07) is 5.13. The summed E-state index contributed by atoms with van der Waals surface area (Å²) in [5.74, 6) is 0.584. The van der Waals surface area contributed by atoms with Crippen molar-refractivity contribution >= 4 is 0 Å². The van der Waals surface area contributed by atoms with Crippen LogP contribution in [0.15, 0.2) is 18.2 Å². The zero-order valence-corrected chi connectivity index (χ0v) is 11.1. The van der Waals surface area contributed by atoms with Gasteiger partial charge in [-0.2, -0.15) is 0 Å². The Balaban J connectivity index is 2.25. The molecule has 0 spiro atoms. The summed E-state index contributed by atoms with van der Waals surface area (Å²) in [7, 11) is 1.61. The Morgan fingerprint density at radius 2 is 2.11 bits per heavy atom. The van der Waals surface area contributed by atoms with Crippen LogP contribution in [0.2, 0.25) is 0 Å². The van der Waals surface area contributed by atoms with Gasteiger partial charge in [-0.3, -0.25) is 4.90 Å². The minimum absolute atomic E-state index is 0.138. The molecule has 1 heterocycles. The molecule has 1 saturated heterocycles. The molecule has 0 aromatic heterocycles. The summed E-state index contributed by atoms with van der Waals surface area (Å²) >= 11 is 0. The second kappa shape index (κ2) is 6.16. The van der Waals surface area contributed by atoms with E-state index in [0.29, 0.717) is 0 Å². The minimum Gasteiger partial charge on any atom is -0.497 e. The molecule has 0 saturated carbocycles. The van der Waals surface area contributed by atoms with Crippen LogP contribution in [-0.4, -0.2) is 38.2 Å². The number of methoxy groups -OCH3 is 1. The van der Waals surface area contributed by atoms with Crippen LogP contribution in [0.25, 0.3) is 0 Å². The van der Waals surface area contributed by atoms with Gasteiger partial charge in [0.25, 0.3) is 0 Å². The standard InChI is InChI=1S/C14H21FN2O/c1-3-14(17-8-6-16-7-9-17)12-10-11(18-2)4-5-13(12)15/h4-5,10,14,16H,3,6-9H2,1-2H3/t14-/m1/s1. The van der Waals surface area contributed by atoms with E-state index in [4.69, 9.17) is 4.74 Å². The molecule has 3 nitrogen and oxygen atoms in total. The van der Waals surface area contributed by atoms with Crippen LogP contribution >= 0.6 is 0 Å². The molecule has 1 fully saturated rings. The smallest absolute Gasteiger partial charge is 0.128 e. The number of piperazine rings is 1. The monoisotopic (exact) mass is 252 g/mol. The second-order valence-corrected chi connectivity index (χ2v) is 4.60. The van der Waals surface area contributed by atoms with Gasteiger partial charge in [0.1, 0.15) is 11.6 Å². The van der Waals surface area contributed by atoms with Crippen LogP contribution in [0.3, 0.4) is 0 Å². The molecule has 4 heteroatoms. The van der Waals surface area contributed by atoms with Gasteiger partial charge in [-0.05, 0) is 24.6 Å². The maximum Gasteiger partial charge on any atom is 0.128 e. The first-order chi connectivity index (χ1) is 8.76. The summed E-state index contributed by atoms with van der Waals surface area (Å²) in [6.07, 6.45) is 0.907. The van der Waals surface area contributed by atoms with Gasteiger partial charge in [0.05, 0.1) is 7.11 Å². The molecule has 0 radical (unpaired) electrons. The topological polar surface area (TPSA) is 24.5 Å². The highest BCUT2D eigenvalue weighted by atomic mass is 19.1. The van der Waals surface area contributed by atoms with E-state index in [2.05, 4.69) is 17.1 Å². The number of halogens is 1. The highest BCUT2D eigenvalue weighted by molar-refractivity contribution is 5.32. The molecule has 0 unspecified atom stereocenters. The summed E-state index contributed by atoms with van der Waals surface area (Å²) < 4.78 is 19.2. The average molecular weight is 252 g/mol. The first-order valence-corrected chi connectivity index (χ1v) is 6.54. The van der Waals surface area contributed by atoms with Gasteiger partial charge in [-0.15, -0.1) is 0 Å². The third-order valence-corrected chi connectivity index (χ3v) is 3.54. The van der Waals surface area contributed by atoms with Crippen molar-refractivity contribution in [2.75, 3.05) is 33.3 Å². The normalized spacial score (nSPS) is 18.6. The van der Waals surface area contributed by atoms with Crippen LogP contribution < -0.4 is 10.1 Å². The van der Waals surface area contributed by atoms with Crippen molar-refractivity contribution in [1.29, 1.82) is 0 Å². The predicted octanol–water partition coefficient (Wildman–Crippen LogP) is 2.19. The van der Waals surface area contributed by atoms with Gasteiger partial charge in [-0.25, -0.2) is 4.39 Å². The van der Waals surface area contributed by atoms with E-state index in [-0.39, 0.29) is 11.9 Å². The van der Waals surface area contributed by atoms with Crippen LogP contribution in [0.5, 0.6) is 5.75 Å². The van der Waals surface area contributed by atoms with Crippen molar-refractivity contribution in [3.63, 3.8) is 0 Å². The van der Waals surface area contributed by atoms with E-state index in [1.807, 2.05) is 6.07 Å². The summed E-state index contributed by atoms with van der Waals surface area (Å²) in [4.78, 5) is 2.34. The Hall–Kier alpha value is -1.13. The fourth-order valence-corrected chi connectivity index (χ4v) is 2.57. The zero-order chi connectivity index (χ0) is 13.0. The number of rotatable bonds is 4. The van der Waals surface area contributed by atoms with Crippen molar-refractivity contribution in [3.8, 4) is 5.75 Å². The molecule has 100 valence electrons. The fourth-order valence-electron chi connectivity index (χ4n) is 2.57. The molecule has 18 heavy (non-hydrogen) atoms. The van der Waals surface area contributed by atoms with E-state index in [0.717, 1.165) is 43.9 Å². The zero-order valence-electron chi connectivity index (χ0n) is 11.1. The van der Waals surface area contributed by atoms with Gasteiger partial charge < -0.3 is 10.1 Å². The molecular weight excluding hydrogens is 231 g/mol. The fraction of sp³-hybridized carbons (Fsp3) is 0.571. The van der Waals surface area contributed by atoms with Crippen LogP contribution in [0.4, 0.5) is 4.39 Å². The largest absolute Gasteiger partial charge is 0.497 e. The first-order valence-electron chi connectivity index (χ1n) is 6.54. The van der Waals surface area contributed by atoms with Crippen LogP contribution in [0, 0.1) is 5.82 Å². The minimum atomic E-state index is -0.138. The molecule has 1 aliphatic heterocycles. The lowest BCUT2D eigenvalue weighted by molar-refractivity contribution is 0.166. The quantitative estimate of drug-likeness (QED) is 0.889. The summed E-state index contributed by atoms with van der Waals surface area (Å²) in [5.41, 5.74) is 0.749. The van der Waals surface area contributed by atoms with Gasteiger partial charge in [0.2, 0.25) is 0 Å². The molecule has 0 amide bonds. The number of hydrogen-bond donors (Lipinski definition) is 1. The third-order valence-electron chi connectivity index (χ3n) is 3.54. The van der Waals surface area contributed by atoms with Gasteiger partial charge in [-0.1, -0.05) is 6.92 Å². The van der Waals surface area contributed by atoms with E-state index in [1.165, 1.54) is 6.07 Å². The summed E-state index contributed by atoms with van der Waals surface area (Å²) in [6.45, 7) is 5.99. The lowest BCUT2D eigenvalue weighted by Gasteiger charge is -2.35. The Kier molecular flexibility index (Phi) is 4.55. The second-order valence-electron chi connectivity index (χ2n) is 4.60. The summed E-state index contributed by atoms with van der Waals surface area (Å²) in [5, 5.41) is 3.32. The number of hydrogen-bond acceptors (Lipinski definition) is 3. The lowest BCUT2D eigenvalue weighted by Crippen LogP contribution is -2.45. The number of nitrogens with zero attached hydrogens (tertiary/aromatic N) is 1. The molecule has 1 aromatic rings. The number of nitrogens with one attached hydrogen (secondary N) is 1. The molecule has 0 bridgehead atoms. The highest BCUT2D eigenvalue weighted by Crippen LogP contribution is 2.29. The van der Waals surface area contributed by atoms with E-state index < -0.39 is 0 Å². The molecule has 1 aliphatic rings. The molecule has 1 N–H and O–H groups in total. The Morgan fingerprint density at radius 1 is 1.39 bits per heavy atom. The highest BCUT2D eigenvalue weighted by Gasteiger charge is 2.23. The van der Waals surface area contributed by atoms with Crippen molar-refractivity contribution < 1.29 is 9.13 Å². The number of ether oxygens (including phenoxy) is 1. The molecular formula is C14H21FN2O. The van der Waals surface area contributed by atoms with Gasteiger partial charge in [0, 0.05) is 37.8 Å². The average Bonchev–Trinajstić information content (AvgIpc) is 2.43. The molecule has 2 rings (SSSR count). The van der Waals surface area contributed by atoms with Crippen molar-refractivity contribution in [2.24, 2.45) is 0 Å². The maximum absolute atomic E-state index is 14.0. The predicted molar refractivity (Wildman–Crippen MR) is 70.4 cm³/mol. The lowest BCUT2D eigenvalue weighted by atomic mass is 10.0. The number of benzene rings is 1. The molecule has 1 aromatic carbocycles. The maximum atomic E-state index is 14.0. The molecule has 1 atom stereocenters. The first kappa shape index (κ1) is 13.3. The Bertz CT molecular complexity index is 391. The van der Waals surface area contributed by atoms with E-state index in [9.17, 15) is 4.39 Å². The van der Waals surface area contributed by atoms with E-state index >= 15 is 0 Å². The molecule has 0 aliphatic carbocycles. The SMILES string of the molecule is CC[C@H](c1cc(OC)ccc1F)N1CCNCC1. The van der Waals surface area contributed by atoms with Crippen LogP contribution in [0.1, 0.15) is 24.9 Å². The van der Waals surface area contributed by atoms with Crippen molar-refractivity contribution in [2.45, 2.75) is 19.4 Å². The van der Waals surface area contributed by atoms with Crippen molar-refractivity contribution in [3.05, 3.63) is 29.6 Å². The Labute approximate surface area is 108 Å². The van der Waals surface area contributed by atoms with Crippen molar-refractivity contribution in [1.82, 2.24) is 10.2 Å². The Morgan fingerprint density at radius 3 is 2.72 bits per heavy atom. The third kappa shape index (κ3) is 2.82.